The van der Waals surface area contributed by atoms with Crippen LogP contribution in [-0.4, -0.2) is 0 Å². The Bertz CT molecular complexity index is 510. The summed E-state index contributed by atoms with van der Waals surface area (Å²) in [5.74, 6) is 0. The lowest BCUT2D eigenvalue weighted by molar-refractivity contribution is 1.46. The summed E-state index contributed by atoms with van der Waals surface area (Å²) in [7, 11) is 0. The zero-order valence-corrected chi connectivity index (χ0v) is 12.3. The van der Waals surface area contributed by atoms with E-state index in [0.29, 0.717) is 0 Å². The monoisotopic (exact) mass is 272 g/mol. The first-order valence-corrected chi connectivity index (χ1v) is 6.73. The van der Waals surface area contributed by atoms with Gasteiger partial charge < -0.3 is 0 Å². The lowest BCUT2D eigenvalue weighted by atomic mass is 10.1. The van der Waals surface area contributed by atoms with Gasteiger partial charge in [-0.25, -0.2) is 0 Å². The molecule has 18 heavy (non-hydrogen) atoms. The Morgan fingerprint density at radius 1 is 0.611 bits per heavy atom. The van der Waals surface area contributed by atoms with Gasteiger partial charge in [0.25, 0.3) is 0 Å². The predicted molar refractivity (Wildman–Crippen MR) is 87.1 cm³/mol. The Hall–Kier alpha value is -1.12. The average Bonchev–Trinajstić information content (AvgIpc) is 2.39. The number of hydrogen-bond acceptors (Lipinski definition) is 2. The highest BCUT2D eigenvalue weighted by molar-refractivity contribution is 7.96. The molecular formula is C16H16S2. The second-order valence-corrected chi connectivity index (χ2v) is 5.32. The summed E-state index contributed by atoms with van der Waals surface area (Å²) in [6, 6.07) is 16.6. The Kier molecular flexibility index (Phi) is 4.20. The molecule has 0 atom stereocenters. The minimum Gasteiger partial charge on any atom is -0.142 e. The second kappa shape index (κ2) is 5.68. The van der Waals surface area contributed by atoms with E-state index >= 15 is 0 Å². The zero-order chi connectivity index (χ0) is 13.1. The first-order chi connectivity index (χ1) is 8.58. The molecule has 0 heterocycles. The Balaban J connectivity index is 2.40. The number of rotatable bonds is 2. The van der Waals surface area contributed by atoms with Crippen molar-refractivity contribution in [3.05, 3.63) is 70.8 Å². The summed E-state index contributed by atoms with van der Waals surface area (Å²) in [5, 5.41) is 0. The SMILES string of the molecule is Cc1ccc(/C(S)=C(/S)c2ccc(C)cc2)cc1. The molecule has 0 aromatic heterocycles. The average molecular weight is 272 g/mol. The minimum absolute atomic E-state index is 0.905. The molecule has 0 nitrogen and oxygen atoms in total. The van der Waals surface area contributed by atoms with Crippen molar-refractivity contribution in [2.75, 3.05) is 0 Å². The van der Waals surface area contributed by atoms with Crippen LogP contribution in [0, 0.1) is 13.8 Å². The summed E-state index contributed by atoms with van der Waals surface area (Å²) in [6.45, 7) is 4.15. The molecule has 0 aliphatic heterocycles. The maximum absolute atomic E-state index is 4.59. The lowest BCUT2D eigenvalue weighted by Gasteiger charge is -2.07. The van der Waals surface area contributed by atoms with Gasteiger partial charge in [0.15, 0.2) is 0 Å². The van der Waals surface area contributed by atoms with E-state index in [1.54, 1.807) is 0 Å². The third-order valence-electron chi connectivity index (χ3n) is 2.87. The quantitative estimate of drug-likeness (QED) is 0.558. The number of benzene rings is 2. The third-order valence-corrected chi connectivity index (χ3v) is 4.01. The fraction of sp³-hybridized carbons (Fsp3) is 0.125. The van der Waals surface area contributed by atoms with Gasteiger partial charge in [0.05, 0.1) is 0 Å². The maximum atomic E-state index is 4.59. The first kappa shape index (κ1) is 13.3. The Morgan fingerprint density at radius 3 is 1.17 bits per heavy atom. The predicted octanol–water partition coefficient (Wildman–Crippen LogP) is 4.99. The van der Waals surface area contributed by atoms with Crippen molar-refractivity contribution in [1.82, 2.24) is 0 Å². The standard InChI is InChI=1S/C16H16S2/c1-11-3-7-13(8-4-11)15(17)16(18)14-9-5-12(2)6-10-14/h3-10,17-18H,1-2H3/b16-15-. The highest BCUT2D eigenvalue weighted by Gasteiger charge is 2.04. The lowest BCUT2D eigenvalue weighted by Crippen LogP contribution is -1.84. The zero-order valence-electron chi connectivity index (χ0n) is 10.5. The van der Waals surface area contributed by atoms with E-state index < -0.39 is 0 Å². The van der Waals surface area contributed by atoms with Gasteiger partial charge >= 0.3 is 0 Å². The van der Waals surface area contributed by atoms with Crippen LogP contribution in [0.4, 0.5) is 0 Å². The van der Waals surface area contributed by atoms with E-state index in [0.717, 1.165) is 20.9 Å². The van der Waals surface area contributed by atoms with Gasteiger partial charge in [0.1, 0.15) is 0 Å². The van der Waals surface area contributed by atoms with Gasteiger partial charge in [0.2, 0.25) is 0 Å². The van der Waals surface area contributed by atoms with Gasteiger partial charge in [-0.3, -0.25) is 0 Å². The van der Waals surface area contributed by atoms with Gasteiger partial charge in [-0.05, 0) is 25.0 Å². The number of hydrogen-bond donors (Lipinski definition) is 2. The molecule has 0 unspecified atom stereocenters. The number of aryl methyl sites for hydroxylation is 2. The molecule has 2 aromatic rings. The summed E-state index contributed by atoms with van der Waals surface area (Å²) < 4.78 is 0. The van der Waals surface area contributed by atoms with Gasteiger partial charge in [-0.2, -0.15) is 0 Å². The Morgan fingerprint density at radius 2 is 0.889 bits per heavy atom. The molecule has 2 rings (SSSR count). The summed E-state index contributed by atoms with van der Waals surface area (Å²) in [5.41, 5.74) is 4.68. The summed E-state index contributed by atoms with van der Waals surface area (Å²) in [4.78, 5) is 1.81. The molecule has 0 fully saturated rings. The molecule has 2 aromatic carbocycles. The molecule has 0 saturated heterocycles. The van der Waals surface area contributed by atoms with Crippen LogP contribution >= 0.6 is 25.3 Å². The molecule has 0 spiro atoms. The minimum atomic E-state index is 0.905. The largest absolute Gasteiger partial charge is 0.142 e. The van der Waals surface area contributed by atoms with E-state index in [2.05, 4.69) is 87.6 Å². The van der Waals surface area contributed by atoms with E-state index in [-0.39, 0.29) is 0 Å². The van der Waals surface area contributed by atoms with Gasteiger partial charge in [0, 0.05) is 9.81 Å². The molecule has 2 heteroatoms. The van der Waals surface area contributed by atoms with Crippen LogP contribution in [0.15, 0.2) is 48.5 Å². The molecule has 0 saturated carbocycles. The highest BCUT2D eigenvalue weighted by Crippen LogP contribution is 2.31. The maximum Gasteiger partial charge on any atom is 0.0253 e. The smallest absolute Gasteiger partial charge is 0.0253 e. The van der Waals surface area contributed by atoms with E-state index in [4.69, 9.17) is 0 Å². The van der Waals surface area contributed by atoms with Crippen molar-refractivity contribution in [1.29, 1.82) is 0 Å². The van der Waals surface area contributed by atoms with Crippen molar-refractivity contribution in [2.45, 2.75) is 13.8 Å². The van der Waals surface area contributed by atoms with E-state index in [9.17, 15) is 0 Å². The molecule has 92 valence electrons. The molecule has 0 bridgehead atoms. The fourth-order valence-electron chi connectivity index (χ4n) is 1.70. The van der Waals surface area contributed by atoms with Crippen LogP contribution in [0.5, 0.6) is 0 Å². The van der Waals surface area contributed by atoms with Crippen LogP contribution in [0.25, 0.3) is 9.81 Å². The molecular weight excluding hydrogens is 256 g/mol. The van der Waals surface area contributed by atoms with Crippen LogP contribution in [0.2, 0.25) is 0 Å². The molecule has 0 aliphatic carbocycles. The van der Waals surface area contributed by atoms with Crippen molar-refractivity contribution in [2.24, 2.45) is 0 Å². The normalized spacial score (nSPS) is 12.2. The van der Waals surface area contributed by atoms with E-state index in [1.807, 2.05) is 0 Å². The summed E-state index contributed by atoms with van der Waals surface area (Å²) in [6.07, 6.45) is 0. The molecule has 0 N–H and O–H groups in total. The van der Waals surface area contributed by atoms with Gasteiger partial charge in [-0.1, -0.05) is 59.7 Å². The first-order valence-electron chi connectivity index (χ1n) is 5.84. The van der Waals surface area contributed by atoms with Crippen LogP contribution in [0.3, 0.4) is 0 Å². The topological polar surface area (TPSA) is 0 Å². The Labute approximate surface area is 120 Å². The van der Waals surface area contributed by atoms with E-state index in [1.165, 1.54) is 11.1 Å². The highest BCUT2D eigenvalue weighted by atomic mass is 32.1. The van der Waals surface area contributed by atoms with Crippen molar-refractivity contribution in [3.8, 4) is 0 Å². The third kappa shape index (κ3) is 3.01. The molecule has 0 radical (unpaired) electrons. The fourth-order valence-corrected chi connectivity index (χ4v) is 2.25. The van der Waals surface area contributed by atoms with Crippen molar-refractivity contribution < 1.29 is 0 Å². The van der Waals surface area contributed by atoms with Gasteiger partial charge in [-0.15, -0.1) is 25.3 Å². The van der Waals surface area contributed by atoms with Crippen LogP contribution in [0.1, 0.15) is 22.3 Å². The number of thiol groups is 2. The molecule has 0 aliphatic rings. The van der Waals surface area contributed by atoms with Crippen molar-refractivity contribution >= 4 is 35.1 Å². The van der Waals surface area contributed by atoms with Crippen molar-refractivity contribution in [3.63, 3.8) is 0 Å². The molecule has 0 amide bonds. The van der Waals surface area contributed by atoms with Crippen LogP contribution < -0.4 is 0 Å². The van der Waals surface area contributed by atoms with Crippen LogP contribution in [-0.2, 0) is 0 Å². The summed E-state index contributed by atoms with van der Waals surface area (Å²) >= 11 is 9.18. The second-order valence-electron chi connectivity index (χ2n) is 4.43.